The number of hydrogen-bond acceptors (Lipinski definition) is 4. The summed E-state index contributed by atoms with van der Waals surface area (Å²) in [5.41, 5.74) is 0. The molecule has 1 rings (SSSR count). The highest BCUT2D eigenvalue weighted by atomic mass is 16.5. The molecule has 0 bridgehead atoms. The zero-order valence-electron chi connectivity index (χ0n) is 15.1. The first-order valence-corrected chi connectivity index (χ1v) is 8.72. The fourth-order valence-corrected chi connectivity index (χ4v) is 3.10. The van der Waals surface area contributed by atoms with Gasteiger partial charge in [0.15, 0.2) is 0 Å². The smallest absolute Gasteiger partial charge is 0.108 e. The van der Waals surface area contributed by atoms with E-state index in [0.29, 0.717) is 18.4 Å². The van der Waals surface area contributed by atoms with Gasteiger partial charge >= 0.3 is 0 Å². The Bertz CT molecular complexity index is 271. The van der Waals surface area contributed by atoms with Crippen molar-refractivity contribution in [3.8, 4) is 0 Å². The van der Waals surface area contributed by atoms with Crippen molar-refractivity contribution in [3.05, 3.63) is 0 Å². The third kappa shape index (κ3) is 7.09. The molecule has 0 radical (unpaired) electrons. The molecular weight excluding hydrogens is 262 g/mol. The fourth-order valence-electron chi connectivity index (χ4n) is 3.10. The number of ether oxygens (including phenoxy) is 1. The molecule has 1 unspecified atom stereocenters. The minimum atomic E-state index is 0.307. The van der Waals surface area contributed by atoms with Crippen molar-refractivity contribution in [1.82, 2.24) is 14.7 Å². The van der Waals surface area contributed by atoms with Crippen LogP contribution in [0.25, 0.3) is 0 Å². The van der Waals surface area contributed by atoms with E-state index in [1.807, 2.05) is 0 Å². The second kappa shape index (κ2) is 9.78. The standard InChI is InChI=1S/C17H37N3O/c1-7-19-14-17(21-16(19)4)10-8-12-20(15(2)3)13-9-11-18(5)6/h15-17H,7-14H2,1-6H3/t16?,17-/m1/s1. The Balaban J connectivity index is 2.21. The van der Waals surface area contributed by atoms with Crippen molar-refractivity contribution in [2.75, 3.05) is 46.8 Å². The summed E-state index contributed by atoms with van der Waals surface area (Å²) >= 11 is 0. The predicted octanol–water partition coefficient (Wildman–Crippen LogP) is 2.50. The van der Waals surface area contributed by atoms with Crippen molar-refractivity contribution in [2.24, 2.45) is 0 Å². The molecule has 21 heavy (non-hydrogen) atoms. The van der Waals surface area contributed by atoms with Gasteiger partial charge in [-0.15, -0.1) is 0 Å². The highest BCUT2D eigenvalue weighted by Gasteiger charge is 2.27. The van der Waals surface area contributed by atoms with E-state index >= 15 is 0 Å². The van der Waals surface area contributed by atoms with E-state index in [0.717, 1.165) is 13.1 Å². The monoisotopic (exact) mass is 299 g/mol. The lowest BCUT2D eigenvalue weighted by Gasteiger charge is -2.27. The van der Waals surface area contributed by atoms with Crippen molar-refractivity contribution in [3.63, 3.8) is 0 Å². The molecule has 2 atom stereocenters. The summed E-state index contributed by atoms with van der Waals surface area (Å²) in [5, 5.41) is 0. The topological polar surface area (TPSA) is 19.0 Å². The lowest BCUT2D eigenvalue weighted by Crippen LogP contribution is -2.34. The molecule has 1 heterocycles. The van der Waals surface area contributed by atoms with Crippen LogP contribution in [-0.4, -0.2) is 79.9 Å². The molecule has 0 aromatic heterocycles. The zero-order valence-corrected chi connectivity index (χ0v) is 15.1. The van der Waals surface area contributed by atoms with Gasteiger partial charge in [-0.25, -0.2) is 0 Å². The van der Waals surface area contributed by atoms with Gasteiger partial charge in [-0.3, -0.25) is 4.90 Å². The summed E-state index contributed by atoms with van der Waals surface area (Å²) in [7, 11) is 4.30. The molecule has 4 nitrogen and oxygen atoms in total. The van der Waals surface area contributed by atoms with E-state index in [9.17, 15) is 0 Å². The van der Waals surface area contributed by atoms with E-state index < -0.39 is 0 Å². The van der Waals surface area contributed by atoms with Gasteiger partial charge in [-0.2, -0.15) is 0 Å². The van der Waals surface area contributed by atoms with Crippen LogP contribution in [0.2, 0.25) is 0 Å². The van der Waals surface area contributed by atoms with E-state index in [4.69, 9.17) is 4.74 Å². The van der Waals surface area contributed by atoms with Crippen LogP contribution in [0, 0.1) is 0 Å². The van der Waals surface area contributed by atoms with Crippen molar-refractivity contribution in [2.45, 2.75) is 65.3 Å². The summed E-state index contributed by atoms with van der Waals surface area (Å²) < 4.78 is 6.02. The Morgan fingerprint density at radius 1 is 1.14 bits per heavy atom. The summed E-state index contributed by atoms with van der Waals surface area (Å²) in [6.45, 7) is 14.8. The SMILES string of the molecule is CCN1C[C@@H](CCCN(CCCN(C)C)C(C)C)OC1C. The molecule has 0 N–H and O–H groups in total. The first-order chi connectivity index (χ1) is 9.93. The Labute approximate surface area is 132 Å². The Morgan fingerprint density at radius 3 is 2.33 bits per heavy atom. The molecule has 1 aliphatic heterocycles. The molecule has 1 aliphatic rings. The van der Waals surface area contributed by atoms with Crippen LogP contribution in [0.3, 0.4) is 0 Å². The highest BCUT2D eigenvalue weighted by Crippen LogP contribution is 2.19. The number of likely N-dealkylation sites (N-methyl/N-ethyl adjacent to an activating group) is 1. The quantitative estimate of drug-likeness (QED) is 0.617. The molecular formula is C17H37N3O. The second-order valence-corrected chi connectivity index (χ2v) is 6.87. The van der Waals surface area contributed by atoms with Crippen molar-refractivity contribution < 1.29 is 4.74 Å². The largest absolute Gasteiger partial charge is 0.359 e. The molecule has 0 aromatic rings. The second-order valence-electron chi connectivity index (χ2n) is 6.87. The molecule has 126 valence electrons. The van der Waals surface area contributed by atoms with Gasteiger partial charge in [0.05, 0.1) is 6.10 Å². The maximum absolute atomic E-state index is 6.02. The molecule has 0 amide bonds. The van der Waals surface area contributed by atoms with Gasteiger partial charge in [0.1, 0.15) is 6.23 Å². The van der Waals surface area contributed by atoms with E-state index in [2.05, 4.69) is 56.5 Å². The van der Waals surface area contributed by atoms with Crippen LogP contribution in [0.1, 0.15) is 47.0 Å². The lowest BCUT2D eigenvalue weighted by atomic mass is 10.1. The molecule has 1 saturated heterocycles. The third-order valence-corrected chi connectivity index (χ3v) is 4.50. The maximum atomic E-state index is 6.02. The van der Waals surface area contributed by atoms with Gasteiger partial charge in [0, 0.05) is 12.6 Å². The van der Waals surface area contributed by atoms with Gasteiger partial charge in [-0.1, -0.05) is 6.92 Å². The Morgan fingerprint density at radius 2 is 1.81 bits per heavy atom. The van der Waals surface area contributed by atoms with Crippen LogP contribution >= 0.6 is 0 Å². The van der Waals surface area contributed by atoms with Gasteiger partial charge < -0.3 is 14.5 Å². The van der Waals surface area contributed by atoms with Crippen molar-refractivity contribution in [1.29, 1.82) is 0 Å². The lowest BCUT2D eigenvalue weighted by molar-refractivity contribution is 0.0110. The van der Waals surface area contributed by atoms with Crippen molar-refractivity contribution >= 4 is 0 Å². The molecule has 0 aliphatic carbocycles. The van der Waals surface area contributed by atoms with Crippen LogP contribution in [0.15, 0.2) is 0 Å². The molecule has 0 saturated carbocycles. The van der Waals surface area contributed by atoms with E-state index in [-0.39, 0.29) is 0 Å². The molecule has 1 fully saturated rings. The average molecular weight is 300 g/mol. The number of hydrogen-bond donors (Lipinski definition) is 0. The molecule has 0 aromatic carbocycles. The summed E-state index contributed by atoms with van der Waals surface area (Å²) in [5.74, 6) is 0. The maximum Gasteiger partial charge on any atom is 0.108 e. The minimum Gasteiger partial charge on any atom is -0.359 e. The van der Waals surface area contributed by atoms with Crippen LogP contribution in [-0.2, 0) is 4.74 Å². The summed E-state index contributed by atoms with van der Waals surface area (Å²) in [4.78, 5) is 7.30. The Kier molecular flexibility index (Phi) is 8.79. The normalized spacial score (nSPS) is 23.9. The zero-order chi connectivity index (χ0) is 15.8. The first-order valence-electron chi connectivity index (χ1n) is 8.72. The van der Waals surface area contributed by atoms with E-state index in [1.165, 1.54) is 38.9 Å². The van der Waals surface area contributed by atoms with Crippen LogP contribution in [0.5, 0.6) is 0 Å². The Hall–Kier alpha value is -0.160. The fraction of sp³-hybridized carbons (Fsp3) is 1.00. The van der Waals surface area contributed by atoms with Gasteiger partial charge in [0.2, 0.25) is 0 Å². The predicted molar refractivity (Wildman–Crippen MR) is 90.7 cm³/mol. The van der Waals surface area contributed by atoms with E-state index in [1.54, 1.807) is 0 Å². The average Bonchev–Trinajstić information content (AvgIpc) is 2.76. The molecule has 0 spiro atoms. The first kappa shape index (κ1) is 18.9. The third-order valence-electron chi connectivity index (χ3n) is 4.50. The highest BCUT2D eigenvalue weighted by molar-refractivity contribution is 4.75. The number of rotatable bonds is 10. The van der Waals surface area contributed by atoms with Gasteiger partial charge in [0.25, 0.3) is 0 Å². The minimum absolute atomic E-state index is 0.307. The molecule has 4 heteroatoms. The number of nitrogens with zero attached hydrogens (tertiary/aromatic N) is 3. The summed E-state index contributed by atoms with van der Waals surface area (Å²) in [6, 6.07) is 0.641. The van der Waals surface area contributed by atoms with Gasteiger partial charge in [-0.05, 0) is 80.3 Å². The summed E-state index contributed by atoms with van der Waals surface area (Å²) in [6.07, 6.45) is 4.44. The van der Waals surface area contributed by atoms with Crippen LogP contribution < -0.4 is 0 Å². The van der Waals surface area contributed by atoms with Crippen LogP contribution in [0.4, 0.5) is 0 Å².